The molecule has 0 bridgehead atoms. The third kappa shape index (κ3) is 17.9. The number of nitrogens with zero attached hydrogens (tertiary/aromatic N) is 1. The van der Waals surface area contributed by atoms with Crippen molar-refractivity contribution in [2.75, 3.05) is 33.8 Å². The number of benzene rings is 1. The highest BCUT2D eigenvalue weighted by molar-refractivity contribution is 8.93. The van der Waals surface area contributed by atoms with Gasteiger partial charge in [-0.3, -0.25) is 4.79 Å². The third-order valence-electron chi connectivity index (χ3n) is 8.46. The number of likely N-dealkylation sites (N-methyl/N-ethyl adjacent to an activating group) is 1. The van der Waals surface area contributed by atoms with E-state index in [0.717, 1.165) is 34.3 Å². The van der Waals surface area contributed by atoms with Gasteiger partial charge in [0.05, 0.1) is 20.6 Å². The predicted octanol–water partition coefficient (Wildman–Crippen LogP) is 9.97. The number of carbonyl (C=O) groups is 1. The molecule has 0 unspecified atom stereocenters. The number of ether oxygens (including phenoxy) is 1. The largest absolute Gasteiger partial charge is 0.872 e. The lowest BCUT2D eigenvalue weighted by atomic mass is 9.78. The van der Waals surface area contributed by atoms with Crippen molar-refractivity contribution in [2.24, 2.45) is 0 Å². The van der Waals surface area contributed by atoms with Crippen LogP contribution in [0, 0.1) is 0 Å². The predicted molar refractivity (Wildman–Crippen MR) is 185 cm³/mol. The Bertz CT molecular complexity index is 832. The normalized spacial score (nSPS) is 12.3. The topological polar surface area (TPSA) is 49.4 Å². The molecule has 42 heavy (non-hydrogen) atoms. The summed E-state index contributed by atoms with van der Waals surface area (Å²) < 4.78 is 6.52. The average Bonchev–Trinajstić information content (AvgIpc) is 2.86. The summed E-state index contributed by atoms with van der Waals surface area (Å²) in [5, 5.41) is 13.1. The molecule has 0 aliphatic heterocycles. The first-order chi connectivity index (χ1) is 19.2. The van der Waals surface area contributed by atoms with Crippen molar-refractivity contribution in [1.29, 1.82) is 0 Å². The van der Waals surface area contributed by atoms with Gasteiger partial charge in [0.25, 0.3) is 0 Å². The molecule has 0 aliphatic carbocycles. The van der Waals surface area contributed by atoms with E-state index in [4.69, 9.17) is 4.74 Å². The highest BCUT2D eigenvalue weighted by atomic mass is 79.9. The zero-order chi connectivity index (χ0) is 30.9. The van der Waals surface area contributed by atoms with Crippen LogP contribution >= 0.6 is 17.0 Å². The van der Waals surface area contributed by atoms with Crippen molar-refractivity contribution in [3.05, 3.63) is 28.8 Å². The summed E-state index contributed by atoms with van der Waals surface area (Å²) in [5.74, 6) is -0.0163. The van der Waals surface area contributed by atoms with E-state index >= 15 is 0 Å². The number of aryl methyl sites for hydroxylation is 1. The maximum Gasteiger partial charge on any atom is 0.306 e. The van der Waals surface area contributed by atoms with E-state index in [-0.39, 0.29) is 39.5 Å². The number of hydrogen-bond acceptors (Lipinski definition) is 3. The smallest absolute Gasteiger partial charge is 0.306 e. The summed E-state index contributed by atoms with van der Waals surface area (Å²) in [6, 6.07) is 4.00. The Morgan fingerprint density at radius 3 is 1.52 bits per heavy atom. The van der Waals surface area contributed by atoms with Gasteiger partial charge in [-0.25, -0.2) is 0 Å². The zero-order valence-electron chi connectivity index (χ0n) is 29.2. The van der Waals surface area contributed by atoms with Gasteiger partial charge in [0.15, 0.2) is 0 Å². The molecule has 0 atom stereocenters. The second-order valence-corrected chi connectivity index (χ2v) is 15.2. The highest BCUT2D eigenvalue weighted by Crippen LogP contribution is 2.38. The number of quaternary nitrogens is 1. The first kappa shape index (κ1) is 40.9. The van der Waals surface area contributed by atoms with E-state index in [1.807, 2.05) is 12.1 Å². The van der Waals surface area contributed by atoms with E-state index < -0.39 is 0 Å². The Morgan fingerprint density at radius 1 is 0.714 bits per heavy atom. The van der Waals surface area contributed by atoms with Crippen LogP contribution in [0.3, 0.4) is 0 Å². The standard InChI is InChI=1S/C37H67NO3.BrH/c1-10-11-12-13-14-15-16-17-18-19-20-21-22-23-26-38(8,9)27-28-41-34(39)25-24-31-29-32(36(2,3)4)35(40)33(30-31)37(5,6)7;/h29-30H,10-28H2,1-9H3;1H. The Balaban J connectivity index is 0.0000168. The number of hydrogen-bond donors (Lipinski definition) is 0. The lowest BCUT2D eigenvalue weighted by Gasteiger charge is -2.34. The minimum Gasteiger partial charge on any atom is -0.872 e. The summed E-state index contributed by atoms with van der Waals surface area (Å²) in [4.78, 5) is 12.5. The lowest BCUT2D eigenvalue weighted by molar-refractivity contribution is -0.890. The molecule has 0 spiro atoms. The monoisotopic (exact) mass is 653 g/mol. The molecule has 1 rings (SSSR count). The minimum absolute atomic E-state index is 0. The molecule has 1 aromatic carbocycles. The second kappa shape index (κ2) is 20.8. The molecule has 4 nitrogen and oxygen atoms in total. The quantitative estimate of drug-likeness (QED) is 0.0753. The first-order valence-electron chi connectivity index (χ1n) is 17.0. The van der Waals surface area contributed by atoms with Crippen LogP contribution in [0.15, 0.2) is 12.1 Å². The van der Waals surface area contributed by atoms with Crippen LogP contribution in [0.25, 0.3) is 0 Å². The molecule has 5 heteroatoms. The van der Waals surface area contributed by atoms with Gasteiger partial charge < -0.3 is 14.3 Å². The fraction of sp³-hybridized carbons (Fsp3) is 0.811. The van der Waals surface area contributed by atoms with Gasteiger partial charge in [0.1, 0.15) is 13.2 Å². The molecule has 0 heterocycles. The highest BCUT2D eigenvalue weighted by Gasteiger charge is 2.23. The van der Waals surface area contributed by atoms with Crippen LogP contribution < -0.4 is 5.11 Å². The fourth-order valence-electron chi connectivity index (χ4n) is 5.52. The fourth-order valence-corrected chi connectivity index (χ4v) is 5.52. The molecule has 0 aliphatic rings. The zero-order valence-corrected chi connectivity index (χ0v) is 30.9. The van der Waals surface area contributed by atoms with Crippen LogP contribution in [0.4, 0.5) is 0 Å². The number of carbonyl (C=O) groups excluding carboxylic acids is 1. The maximum absolute atomic E-state index is 13.1. The molecular weight excluding hydrogens is 586 g/mol. The van der Waals surface area contributed by atoms with E-state index in [0.29, 0.717) is 19.4 Å². The number of unbranched alkanes of at least 4 members (excludes halogenated alkanes) is 13. The molecule has 0 fully saturated rings. The summed E-state index contributed by atoms with van der Waals surface area (Å²) in [6.07, 6.45) is 20.3. The summed E-state index contributed by atoms with van der Waals surface area (Å²) >= 11 is 0. The molecule has 0 N–H and O–H groups in total. The Labute approximate surface area is 271 Å². The van der Waals surface area contributed by atoms with Gasteiger partial charge in [0.2, 0.25) is 0 Å². The van der Waals surface area contributed by atoms with Crippen molar-refractivity contribution in [3.63, 3.8) is 0 Å². The maximum atomic E-state index is 13.1. The van der Waals surface area contributed by atoms with Gasteiger partial charge in [-0.15, -0.1) is 22.7 Å². The molecule has 0 saturated heterocycles. The Morgan fingerprint density at radius 2 is 1.12 bits per heavy atom. The van der Waals surface area contributed by atoms with E-state index in [9.17, 15) is 9.90 Å². The lowest BCUT2D eigenvalue weighted by Crippen LogP contribution is -2.43. The van der Waals surface area contributed by atoms with Gasteiger partial charge in [-0.05, 0) is 46.8 Å². The van der Waals surface area contributed by atoms with Crippen molar-refractivity contribution in [3.8, 4) is 5.75 Å². The molecular formula is C37H68BrNO3. The molecule has 1 aromatic rings. The molecule has 0 aromatic heterocycles. The number of rotatable bonds is 21. The Kier molecular flexibility index (Phi) is 20.3. The summed E-state index contributed by atoms with van der Waals surface area (Å²) in [7, 11) is 4.48. The van der Waals surface area contributed by atoms with Crippen molar-refractivity contribution in [2.45, 2.75) is 162 Å². The number of esters is 1. The van der Waals surface area contributed by atoms with Crippen molar-refractivity contribution in [1.82, 2.24) is 0 Å². The van der Waals surface area contributed by atoms with Crippen molar-refractivity contribution < 1.29 is 19.1 Å². The van der Waals surface area contributed by atoms with Crippen LogP contribution in [-0.2, 0) is 26.8 Å². The van der Waals surface area contributed by atoms with Gasteiger partial charge in [-0.2, -0.15) is 0 Å². The van der Waals surface area contributed by atoms with Crippen LogP contribution in [-0.4, -0.2) is 44.2 Å². The van der Waals surface area contributed by atoms with Gasteiger partial charge in [-0.1, -0.05) is 138 Å². The van der Waals surface area contributed by atoms with E-state index in [1.54, 1.807) is 0 Å². The minimum atomic E-state index is -0.232. The third-order valence-corrected chi connectivity index (χ3v) is 8.46. The van der Waals surface area contributed by atoms with Crippen molar-refractivity contribution >= 4 is 23.0 Å². The molecule has 0 amide bonds. The summed E-state index contributed by atoms with van der Waals surface area (Å²) in [6.45, 7) is 17.2. The molecule has 0 radical (unpaired) electrons. The average molecular weight is 655 g/mol. The number of halogens is 1. The first-order valence-corrected chi connectivity index (χ1v) is 17.0. The second-order valence-electron chi connectivity index (χ2n) is 15.2. The van der Waals surface area contributed by atoms with E-state index in [2.05, 4.69) is 62.6 Å². The van der Waals surface area contributed by atoms with E-state index in [1.165, 1.54) is 89.9 Å². The summed E-state index contributed by atoms with van der Waals surface area (Å²) in [5.41, 5.74) is 2.24. The van der Waals surface area contributed by atoms with Gasteiger partial charge >= 0.3 is 5.97 Å². The van der Waals surface area contributed by atoms with Crippen LogP contribution in [0.5, 0.6) is 5.75 Å². The van der Waals surface area contributed by atoms with Crippen LogP contribution in [0.1, 0.15) is 161 Å². The van der Waals surface area contributed by atoms with Crippen LogP contribution in [0.2, 0.25) is 0 Å². The molecule has 246 valence electrons. The SMILES string of the molecule is Br.CCCCCCCCCCCCCCCC[N+](C)(C)CCOC(=O)CCc1cc(C(C)(C)C)c([O-])c(C(C)(C)C)c1. The molecule has 0 saturated carbocycles. The van der Waals surface area contributed by atoms with Gasteiger partial charge in [0, 0.05) is 6.42 Å². The Hall–Kier alpha value is -1.07.